The SMILES string of the molecule is CCOC(=O)c1cccc(CN2CCN(C(c3ccccc3F)c3ccccc3F)CC2)n1. The molecule has 1 fully saturated rings. The van der Waals surface area contributed by atoms with Crippen LogP contribution < -0.4 is 0 Å². The highest BCUT2D eigenvalue weighted by atomic mass is 19.1. The third-order valence-corrected chi connectivity index (χ3v) is 5.85. The van der Waals surface area contributed by atoms with Crippen molar-refractivity contribution in [2.75, 3.05) is 32.8 Å². The number of pyridine rings is 1. The van der Waals surface area contributed by atoms with E-state index >= 15 is 0 Å². The summed E-state index contributed by atoms with van der Waals surface area (Å²) in [6.07, 6.45) is 0. The highest BCUT2D eigenvalue weighted by molar-refractivity contribution is 5.87. The lowest BCUT2D eigenvalue weighted by molar-refractivity contribution is 0.0518. The normalized spacial score (nSPS) is 15.0. The summed E-state index contributed by atoms with van der Waals surface area (Å²) in [4.78, 5) is 20.7. The molecule has 4 rings (SSSR count). The van der Waals surface area contributed by atoms with Crippen LogP contribution in [0.1, 0.15) is 40.3 Å². The second-order valence-electron chi connectivity index (χ2n) is 7.99. The molecule has 2 aromatic carbocycles. The van der Waals surface area contributed by atoms with E-state index in [0.717, 1.165) is 5.69 Å². The molecule has 0 unspecified atom stereocenters. The predicted molar refractivity (Wildman–Crippen MR) is 122 cm³/mol. The second kappa shape index (κ2) is 10.6. The molecule has 0 bridgehead atoms. The van der Waals surface area contributed by atoms with Gasteiger partial charge in [0.05, 0.1) is 18.3 Å². The Morgan fingerprint density at radius 3 is 2.09 bits per heavy atom. The van der Waals surface area contributed by atoms with Gasteiger partial charge >= 0.3 is 5.97 Å². The average molecular weight is 452 g/mol. The molecule has 1 aromatic heterocycles. The van der Waals surface area contributed by atoms with Gasteiger partial charge in [-0.15, -0.1) is 0 Å². The van der Waals surface area contributed by atoms with Gasteiger partial charge in [-0.2, -0.15) is 0 Å². The molecule has 2 heterocycles. The number of esters is 1. The van der Waals surface area contributed by atoms with E-state index < -0.39 is 12.0 Å². The van der Waals surface area contributed by atoms with Gasteiger partial charge in [-0.05, 0) is 31.2 Å². The maximum Gasteiger partial charge on any atom is 0.356 e. The average Bonchev–Trinajstić information content (AvgIpc) is 2.83. The Morgan fingerprint density at radius 2 is 1.52 bits per heavy atom. The minimum Gasteiger partial charge on any atom is -0.461 e. The molecule has 0 atom stereocenters. The Balaban J connectivity index is 1.48. The van der Waals surface area contributed by atoms with Crippen LogP contribution in [0.3, 0.4) is 0 Å². The number of ether oxygens (including phenoxy) is 1. The molecule has 1 aliphatic rings. The first-order valence-electron chi connectivity index (χ1n) is 11.1. The van der Waals surface area contributed by atoms with Gasteiger partial charge < -0.3 is 4.74 Å². The number of hydrogen-bond donors (Lipinski definition) is 0. The minimum atomic E-state index is -0.500. The molecule has 3 aromatic rings. The van der Waals surface area contributed by atoms with E-state index in [1.165, 1.54) is 12.1 Å². The summed E-state index contributed by atoms with van der Waals surface area (Å²) in [5.41, 5.74) is 2.03. The van der Waals surface area contributed by atoms with E-state index in [1.54, 1.807) is 55.5 Å². The highest BCUT2D eigenvalue weighted by Crippen LogP contribution is 2.32. The van der Waals surface area contributed by atoms with Crippen molar-refractivity contribution in [1.82, 2.24) is 14.8 Å². The van der Waals surface area contributed by atoms with Crippen molar-refractivity contribution in [3.05, 3.63) is 101 Å². The first kappa shape index (κ1) is 23.0. The van der Waals surface area contributed by atoms with Gasteiger partial charge in [0.25, 0.3) is 0 Å². The summed E-state index contributed by atoms with van der Waals surface area (Å²) in [5, 5.41) is 0. The number of carbonyl (C=O) groups excluding carboxylic acids is 1. The second-order valence-corrected chi connectivity index (χ2v) is 7.99. The summed E-state index contributed by atoms with van der Waals surface area (Å²) >= 11 is 0. The molecule has 0 radical (unpaired) electrons. The molecule has 1 saturated heterocycles. The Labute approximate surface area is 192 Å². The molecular formula is C26H27F2N3O2. The van der Waals surface area contributed by atoms with Crippen LogP contribution in [0.4, 0.5) is 8.78 Å². The lowest BCUT2D eigenvalue weighted by atomic mass is 9.95. The molecule has 33 heavy (non-hydrogen) atoms. The van der Waals surface area contributed by atoms with E-state index in [4.69, 9.17) is 4.74 Å². The third kappa shape index (κ3) is 5.43. The summed E-state index contributed by atoms with van der Waals surface area (Å²) in [5.74, 6) is -1.11. The summed E-state index contributed by atoms with van der Waals surface area (Å²) < 4.78 is 34.5. The fourth-order valence-electron chi connectivity index (χ4n) is 4.25. The molecule has 0 spiro atoms. The van der Waals surface area contributed by atoms with Crippen molar-refractivity contribution in [3.63, 3.8) is 0 Å². The topological polar surface area (TPSA) is 45.7 Å². The van der Waals surface area contributed by atoms with Crippen LogP contribution >= 0.6 is 0 Å². The predicted octanol–water partition coefficient (Wildman–Crippen LogP) is 4.44. The quantitative estimate of drug-likeness (QED) is 0.497. The van der Waals surface area contributed by atoms with Crippen LogP contribution in [-0.2, 0) is 11.3 Å². The fourth-order valence-corrected chi connectivity index (χ4v) is 4.25. The first-order chi connectivity index (χ1) is 16.1. The first-order valence-corrected chi connectivity index (χ1v) is 11.1. The number of nitrogens with zero attached hydrogens (tertiary/aromatic N) is 3. The lowest BCUT2D eigenvalue weighted by Crippen LogP contribution is -2.47. The van der Waals surface area contributed by atoms with Gasteiger partial charge in [0, 0.05) is 43.9 Å². The zero-order chi connectivity index (χ0) is 23.2. The largest absolute Gasteiger partial charge is 0.461 e. The lowest BCUT2D eigenvalue weighted by Gasteiger charge is -2.39. The summed E-state index contributed by atoms with van der Waals surface area (Å²) in [6, 6.07) is 18.0. The van der Waals surface area contributed by atoms with Crippen molar-refractivity contribution in [2.24, 2.45) is 0 Å². The maximum absolute atomic E-state index is 14.7. The molecule has 0 saturated carbocycles. The van der Waals surface area contributed by atoms with Crippen LogP contribution in [0.25, 0.3) is 0 Å². The van der Waals surface area contributed by atoms with Crippen LogP contribution in [-0.4, -0.2) is 53.5 Å². The number of benzene rings is 2. The van der Waals surface area contributed by atoms with Crippen LogP contribution in [0.2, 0.25) is 0 Å². The third-order valence-electron chi connectivity index (χ3n) is 5.85. The Bertz CT molecular complexity index is 1050. The van der Waals surface area contributed by atoms with Crippen molar-refractivity contribution in [1.29, 1.82) is 0 Å². The number of aromatic nitrogens is 1. The number of piperazine rings is 1. The number of carbonyl (C=O) groups is 1. The number of halogens is 2. The zero-order valence-corrected chi connectivity index (χ0v) is 18.6. The van der Waals surface area contributed by atoms with Gasteiger partial charge in [-0.25, -0.2) is 18.6 Å². The maximum atomic E-state index is 14.7. The van der Waals surface area contributed by atoms with Crippen LogP contribution in [0, 0.1) is 11.6 Å². The minimum absolute atomic E-state index is 0.298. The van der Waals surface area contributed by atoms with Crippen molar-refractivity contribution in [2.45, 2.75) is 19.5 Å². The molecule has 1 aliphatic heterocycles. The zero-order valence-electron chi connectivity index (χ0n) is 18.6. The van der Waals surface area contributed by atoms with E-state index in [9.17, 15) is 13.6 Å². The van der Waals surface area contributed by atoms with E-state index in [0.29, 0.717) is 56.2 Å². The van der Waals surface area contributed by atoms with Crippen molar-refractivity contribution < 1.29 is 18.3 Å². The standard InChI is InChI=1S/C26H27F2N3O2/c1-2-33-26(32)24-13-7-8-19(29-24)18-30-14-16-31(17-15-30)25(20-9-3-5-11-22(20)27)21-10-4-6-12-23(21)28/h3-13,25H,2,14-18H2,1H3. The molecule has 0 aliphatic carbocycles. The molecule has 7 heteroatoms. The molecule has 172 valence electrons. The summed E-state index contributed by atoms with van der Waals surface area (Å²) in [7, 11) is 0. The number of hydrogen-bond acceptors (Lipinski definition) is 5. The molecule has 0 amide bonds. The van der Waals surface area contributed by atoms with Gasteiger partial charge in [0.2, 0.25) is 0 Å². The number of rotatable bonds is 7. The monoisotopic (exact) mass is 451 g/mol. The van der Waals surface area contributed by atoms with Crippen molar-refractivity contribution in [3.8, 4) is 0 Å². The molecule has 5 nitrogen and oxygen atoms in total. The highest BCUT2D eigenvalue weighted by Gasteiger charge is 2.30. The molecule has 0 N–H and O–H groups in total. The van der Waals surface area contributed by atoms with Crippen molar-refractivity contribution >= 4 is 5.97 Å². The van der Waals surface area contributed by atoms with Gasteiger partial charge in [-0.3, -0.25) is 9.80 Å². The van der Waals surface area contributed by atoms with Gasteiger partial charge in [0.15, 0.2) is 0 Å². The van der Waals surface area contributed by atoms with Gasteiger partial charge in [0.1, 0.15) is 17.3 Å². The van der Waals surface area contributed by atoms with Crippen LogP contribution in [0.15, 0.2) is 66.7 Å². The Morgan fingerprint density at radius 1 is 0.909 bits per heavy atom. The van der Waals surface area contributed by atoms with Crippen LogP contribution in [0.5, 0.6) is 0 Å². The van der Waals surface area contributed by atoms with Gasteiger partial charge in [-0.1, -0.05) is 42.5 Å². The molecular weight excluding hydrogens is 424 g/mol. The smallest absolute Gasteiger partial charge is 0.356 e. The van der Waals surface area contributed by atoms with E-state index in [1.807, 2.05) is 6.07 Å². The Kier molecular flexibility index (Phi) is 7.42. The van der Waals surface area contributed by atoms with E-state index in [2.05, 4.69) is 14.8 Å². The summed E-state index contributed by atoms with van der Waals surface area (Å²) in [6.45, 7) is 5.37. The fraction of sp³-hybridized carbons (Fsp3) is 0.308. The Hall–Kier alpha value is -3.16. The van der Waals surface area contributed by atoms with E-state index in [-0.39, 0.29) is 11.6 Å².